The van der Waals surface area contributed by atoms with Gasteiger partial charge in [0, 0.05) is 5.69 Å². The van der Waals surface area contributed by atoms with Crippen molar-refractivity contribution in [3.05, 3.63) is 71.0 Å². The molecule has 0 unspecified atom stereocenters. The van der Waals surface area contributed by atoms with Crippen molar-refractivity contribution in [2.45, 2.75) is 0 Å². The largest absolute Gasteiger partial charge is 0.493 e. The molecule has 0 aliphatic rings. The van der Waals surface area contributed by atoms with Gasteiger partial charge in [-0.25, -0.2) is 13.5 Å². The van der Waals surface area contributed by atoms with E-state index < -0.39 is 11.7 Å². The maximum Gasteiger partial charge on any atom is 0.280 e. The Morgan fingerprint density at radius 2 is 1.92 bits per heavy atom. The van der Waals surface area contributed by atoms with Gasteiger partial charge in [-0.05, 0) is 42.5 Å². The Balaban J connectivity index is 1.89. The summed E-state index contributed by atoms with van der Waals surface area (Å²) in [5.74, 6) is -1.29. The first-order valence-corrected chi connectivity index (χ1v) is 7.51. The summed E-state index contributed by atoms with van der Waals surface area (Å²) in [4.78, 5) is 12.4. The van der Waals surface area contributed by atoms with Gasteiger partial charge in [0.05, 0.1) is 24.0 Å². The number of benzene rings is 2. The standard InChI is InChI=1S/C17H12ClF2N3O2/c1-25-15-9-23(12-5-2-10(19)3-6-12)22-16(15)17(24)21-11-4-7-14(20)13(18)8-11/h2-9H,1H3,(H,21,24). The van der Waals surface area contributed by atoms with Crippen LogP contribution in [0.25, 0.3) is 5.69 Å². The molecule has 0 saturated carbocycles. The zero-order chi connectivity index (χ0) is 18.0. The molecular weight excluding hydrogens is 352 g/mol. The van der Waals surface area contributed by atoms with Crippen LogP contribution in [0.1, 0.15) is 10.5 Å². The monoisotopic (exact) mass is 363 g/mol. The molecule has 0 bridgehead atoms. The summed E-state index contributed by atoms with van der Waals surface area (Å²) in [6.45, 7) is 0. The van der Waals surface area contributed by atoms with Crippen LogP contribution >= 0.6 is 11.6 Å². The van der Waals surface area contributed by atoms with Crippen molar-refractivity contribution < 1.29 is 18.3 Å². The predicted molar refractivity (Wildman–Crippen MR) is 89.4 cm³/mol. The van der Waals surface area contributed by atoms with Gasteiger partial charge in [0.25, 0.3) is 5.91 Å². The van der Waals surface area contributed by atoms with Crippen LogP contribution in [0.5, 0.6) is 5.75 Å². The number of nitrogens with zero attached hydrogens (tertiary/aromatic N) is 2. The Kier molecular flexibility index (Phi) is 4.67. The quantitative estimate of drug-likeness (QED) is 0.760. The minimum absolute atomic E-state index is 0.0206. The van der Waals surface area contributed by atoms with Gasteiger partial charge in [0.1, 0.15) is 11.6 Å². The van der Waals surface area contributed by atoms with Gasteiger partial charge in [-0.2, -0.15) is 5.10 Å². The third kappa shape index (κ3) is 3.61. The predicted octanol–water partition coefficient (Wildman–Crippen LogP) is 4.06. The second-order valence-electron chi connectivity index (χ2n) is 5.05. The second-order valence-corrected chi connectivity index (χ2v) is 5.46. The van der Waals surface area contributed by atoms with Gasteiger partial charge in [-0.3, -0.25) is 4.79 Å². The first kappa shape index (κ1) is 16.9. The highest BCUT2D eigenvalue weighted by molar-refractivity contribution is 6.31. The van der Waals surface area contributed by atoms with E-state index in [0.717, 1.165) is 6.07 Å². The zero-order valence-electron chi connectivity index (χ0n) is 13.0. The van der Waals surface area contributed by atoms with Crippen LogP contribution in [0, 0.1) is 11.6 Å². The average Bonchev–Trinajstić information content (AvgIpc) is 3.03. The minimum atomic E-state index is -0.585. The number of amides is 1. The SMILES string of the molecule is COc1cn(-c2ccc(F)cc2)nc1C(=O)Nc1ccc(F)c(Cl)c1. The summed E-state index contributed by atoms with van der Waals surface area (Å²) in [5.41, 5.74) is 0.894. The number of rotatable bonds is 4. The van der Waals surface area contributed by atoms with E-state index in [1.807, 2.05) is 0 Å². The molecule has 1 aromatic heterocycles. The molecule has 1 amide bonds. The molecule has 1 heterocycles. The van der Waals surface area contributed by atoms with E-state index >= 15 is 0 Å². The van der Waals surface area contributed by atoms with Crippen molar-refractivity contribution in [1.29, 1.82) is 0 Å². The number of methoxy groups -OCH3 is 1. The fourth-order valence-corrected chi connectivity index (χ4v) is 2.34. The summed E-state index contributed by atoms with van der Waals surface area (Å²) in [6.07, 6.45) is 1.50. The molecule has 128 valence electrons. The molecule has 0 radical (unpaired) electrons. The van der Waals surface area contributed by atoms with Gasteiger partial charge in [-0.15, -0.1) is 0 Å². The number of carbonyl (C=O) groups excluding carboxylic acids is 1. The number of hydrogen-bond donors (Lipinski definition) is 1. The maximum atomic E-state index is 13.2. The van der Waals surface area contributed by atoms with E-state index in [2.05, 4.69) is 10.4 Å². The van der Waals surface area contributed by atoms with E-state index in [1.54, 1.807) is 0 Å². The van der Waals surface area contributed by atoms with Crippen LogP contribution < -0.4 is 10.1 Å². The molecular formula is C17H12ClF2N3O2. The summed E-state index contributed by atoms with van der Waals surface area (Å²) in [7, 11) is 1.40. The van der Waals surface area contributed by atoms with Crippen molar-refractivity contribution in [2.75, 3.05) is 12.4 Å². The second kappa shape index (κ2) is 6.90. The van der Waals surface area contributed by atoms with Crippen molar-refractivity contribution in [3.8, 4) is 11.4 Å². The lowest BCUT2D eigenvalue weighted by Gasteiger charge is -2.05. The van der Waals surface area contributed by atoms with Gasteiger partial charge in [0.15, 0.2) is 11.4 Å². The highest BCUT2D eigenvalue weighted by Crippen LogP contribution is 2.23. The van der Waals surface area contributed by atoms with Gasteiger partial charge < -0.3 is 10.1 Å². The summed E-state index contributed by atoms with van der Waals surface area (Å²) >= 11 is 5.70. The lowest BCUT2D eigenvalue weighted by Crippen LogP contribution is -2.14. The Morgan fingerprint density at radius 3 is 2.56 bits per heavy atom. The highest BCUT2D eigenvalue weighted by atomic mass is 35.5. The molecule has 0 aliphatic carbocycles. The van der Waals surface area contributed by atoms with Gasteiger partial charge >= 0.3 is 0 Å². The molecule has 3 aromatic rings. The van der Waals surface area contributed by atoms with Crippen LogP contribution in [0.3, 0.4) is 0 Å². The number of ether oxygens (including phenoxy) is 1. The van der Waals surface area contributed by atoms with Crippen molar-refractivity contribution in [3.63, 3.8) is 0 Å². The van der Waals surface area contributed by atoms with Crippen molar-refractivity contribution in [2.24, 2.45) is 0 Å². The van der Waals surface area contributed by atoms with Crippen LogP contribution in [0.2, 0.25) is 5.02 Å². The average molecular weight is 364 g/mol. The molecule has 5 nitrogen and oxygen atoms in total. The van der Waals surface area contributed by atoms with Gasteiger partial charge in [0.2, 0.25) is 0 Å². The van der Waals surface area contributed by atoms with E-state index in [4.69, 9.17) is 16.3 Å². The van der Waals surface area contributed by atoms with E-state index in [0.29, 0.717) is 11.4 Å². The minimum Gasteiger partial charge on any atom is -0.493 e. The summed E-state index contributed by atoms with van der Waals surface area (Å²) in [6, 6.07) is 9.41. The fourth-order valence-electron chi connectivity index (χ4n) is 2.16. The van der Waals surface area contributed by atoms with Crippen LogP contribution in [0.4, 0.5) is 14.5 Å². The number of aromatic nitrogens is 2. The van der Waals surface area contributed by atoms with Crippen LogP contribution in [-0.2, 0) is 0 Å². The van der Waals surface area contributed by atoms with E-state index in [-0.39, 0.29) is 22.3 Å². The number of hydrogen-bond acceptors (Lipinski definition) is 3. The molecule has 0 fully saturated rings. The van der Waals surface area contributed by atoms with E-state index in [9.17, 15) is 13.6 Å². The smallest absolute Gasteiger partial charge is 0.280 e. The molecule has 0 aliphatic heterocycles. The fraction of sp³-hybridized carbons (Fsp3) is 0.0588. The first-order valence-electron chi connectivity index (χ1n) is 7.14. The van der Waals surface area contributed by atoms with Gasteiger partial charge in [-0.1, -0.05) is 11.6 Å². The molecule has 0 atom stereocenters. The molecule has 3 rings (SSSR count). The number of halogens is 3. The number of anilines is 1. The normalized spacial score (nSPS) is 10.6. The molecule has 0 spiro atoms. The molecule has 2 aromatic carbocycles. The lowest BCUT2D eigenvalue weighted by molar-refractivity contribution is 0.101. The summed E-state index contributed by atoms with van der Waals surface area (Å²) < 4.78 is 32.8. The van der Waals surface area contributed by atoms with Crippen LogP contribution in [-0.4, -0.2) is 22.8 Å². The third-order valence-electron chi connectivity index (χ3n) is 3.38. The third-order valence-corrected chi connectivity index (χ3v) is 3.67. The number of nitrogens with one attached hydrogen (secondary N) is 1. The Hall–Kier alpha value is -2.93. The summed E-state index contributed by atoms with van der Waals surface area (Å²) in [5, 5.41) is 6.63. The Morgan fingerprint density at radius 1 is 1.20 bits per heavy atom. The topological polar surface area (TPSA) is 56.2 Å². The first-order chi connectivity index (χ1) is 12.0. The molecule has 1 N–H and O–H groups in total. The Bertz CT molecular complexity index is 926. The van der Waals surface area contributed by atoms with E-state index in [1.165, 1.54) is 54.4 Å². The lowest BCUT2D eigenvalue weighted by atomic mass is 10.3. The van der Waals surface area contributed by atoms with Crippen molar-refractivity contribution >= 4 is 23.2 Å². The maximum absolute atomic E-state index is 13.2. The Labute approximate surface area is 146 Å². The zero-order valence-corrected chi connectivity index (χ0v) is 13.7. The van der Waals surface area contributed by atoms with Crippen LogP contribution in [0.15, 0.2) is 48.7 Å². The highest BCUT2D eigenvalue weighted by Gasteiger charge is 2.19. The van der Waals surface area contributed by atoms with Crippen molar-refractivity contribution in [1.82, 2.24) is 9.78 Å². The molecule has 0 saturated heterocycles. The molecule has 8 heteroatoms. The number of carbonyl (C=O) groups is 1. The molecule has 25 heavy (non-hydrogen) atoms.